The molecule has 0 spiro atoms. The minimum absolute atomic E-state index is 0.00823. The molecule has 5 atom stereocenters. The molecule has 0 bridgehead atoms. The lowest BCUT2D eigenvalue weighted by atomic mass is 10.2. The van der Waals surface area contributed by atoms with Crippen molar-refractivity contribution in [1.82, 2.24) is 14.5 Å². The number of hydrogen-bond donors (Lipinski definition) is 8. The van der Waals surface area contributed by atoms with Crippen LogP contribution in [0.15, 0.2) is 11.0 Å². The molecule has 1 saturated heterocycles. The monoisotopic (exact) mass is 559 g/mol. The third-order valence-corrected chi connectivity index (χ3v) is 8.16. The molecule has 3 heterocycles. The Labute approximate surface area is 195 Å². The van der Waals surface area contributed by atoms with Gasteiger partial charge in [-0.05, 0) is 0 Å². The molecule has 0 saturated carbocycles. The van der Waals surface area contributed by atoms with Crippen LogP contribution in [0, 0.1) is 11.8 Å². The third-order valence-electron chi connectivity index (χ3n) is 4.36. The van der Waals surface area contributed by atoms with Crippen molar-refractivity contribution >= 4 is 40.4 Å². The van der Waals surface area contributed by atoms with Gasteiger partial charge in [0.15, 0.2) is 5.65 Å². The number of phosphoric ester groups is 1. The predicted molar refractivity (Wildman–Crippen MR) is 115 cm³/mol. The molecule has 2 aromatic heterocycles. The number of nitrogens with zero attached hydrogens (tertiary/aromatic N) is 2. The first-order valence-electron chi connectivity index (χ1n) is 9.32. The number of ether oxygens (including phenoxy) is 1. The second kappa shape index (κ2) is 10.2. The number of H-pyrrole nitrogens is 1. The number of aromatic amines is 1. The van der Waals surface area contributed by atoms with Crippen molar-refractivity contribution in [2.45, 2.75) is 24.9 Å². The van der Waals surface area contributed by atoms with Gasteiger partial charge in [0.25, 0.3) is 5.56 Å². The molecule has 0 radical (unpaired) electrons. The van der Waals surface area contributed by atoms with E-state index in [0.717, 1.165) is 0 Å². The van der Waals surface area contributed by atoms with Crippen LogP contribution in [0.4, 0.5) is 5.95 Å². The van der Waals surface area contributed by atoms with Crippen LogP contribution < -0.4 is 17.0 Å². The SMILES string of the molecule is NCC#Cc1cn([C@H]2C[C@H](O)[C@@H](COP(=O)(O)OP(=O)(O)OP(=O)(O)O)O2)c2nc(N)[nH]c(=O)c12. The fourth-order valence-corrected chi connectivity index (χ4v) is 6.17. The van der Waals surface area contributed by atoms with Gasteiger partial charge in [-0.1, -0.05) is 11.8 Å². The smallest absolute Gasteiger partial charge is 0.390 e. The summed E-state index contributed by atoms with van der Waals surface area (Å²) < 4.78 is 52.7. The minimum atomic E-state index is -5.70. The number of nitrogen functional groups attached to an aromatic ring is 1. The van der Waals surface area contributed by atoms with E-state index >= 15 is 0 Å². The van der Waals surface area contributed by atoms with E-state index in [9.17, 15) is 33.4 Å². The van der Waals surface area contributed by atoms with Crippen molar-refractivity contribution in [3.63, 3.8) is 0 Å². The van der Waals surface area contributed by atoms with Gasteiger partial charge in [-0.2, -0.15) is 13.6 Å². The van der Waals surface area contributed by atoms with Crippen LogP contribution in [-0.2, 0) is 31.6 Å². The first-order valence-corrected chi connectivity index (χ1v) is 13.8. The zero-order valence-electron chi connectivity index (χ0n) is 17.3. The zero-order chi connectivity index (χ0) is 26.2. The normalized spacial score (nSPS) is 24.0. The molecule has 0 aliphatic carbocycles. The number of phosphoric acid groups is 3. The highest BCUT2D eigenvalue weighted by Gasteiger charge is 2.43. The van der Waals surface area contributed by atoms with Gasteiger partial charge in [0.05, 0.1) is 30.2 Å². The summed E-state index contributed by atoms with van der Waals surface area (Å²) in [4.78, 5) is 54.6. The molecule has 2 aromatic rings. The van der Waals surface area contributed by atoms with E-state index in [1.165, 1.54) is 10.8 Å². The number of aromatic nitrogens is 3. The van der Waals surface area contributed by atoms with Crippen LogP contribution in [-0.4, -0.2) is 64.6 Å². The molecule has 194 valence electrons. The Morgan fingerprint density at radius 2 is 1.91 bits per heavy atom. The molecule has 0 amide bonds. The lowest BCUT2D eigenvalue weighted by Gasteiger charge is -2.19. The standard InChI is InChI=1S/C14H20N5O13P3/c15-3-1-2-7-5-19(12-11(7)13(21)18-14(16)17-12)10-4-8(20)9(30-10)6-29-34(25,26)32-35(27,28)31-33(22,23)24/h5,8-10,20H,3-4,6,15H2,(H,25,26)(H,27,28)(H2,22,23,24)(H3,16,17,18,21)/t8-,9+,10+/m0/s1. The molecule has 35 heavy (non-hydrogen) atoms. The average Bonchev–Trinajstić information content (AvgIpc) is 3.22. The van der Waals surface area contributed by atoms with Crippen molar-refractivity contribution < 1.29 is 56.3 Å². The van der Waals surface area contributed by atoms with Crippen molar-refractivity contribution in [3.8, 4) is 11.8 Å². The second-order valence-corrected chi connectivity index (χ2v) is 11.3. The fraction of sp³-hybridized carbons (Fsp3) is 0.429. The van der Waals surface area contributed by atoms with E-state index in [2.05, 4.69) is 35.0 Å². The molecule has 18 nitrogen and oxygen atoms in total. The zero-order valence-corrected chi connectivity index (χ0v) is 20.0. The van der Waals surface area contributed by atoms with Crippen molar-refractivity contribution in [2.24, 2.45) is 5.73 Å². The molecule has 2 unspecified atom stereocenters. The highest BCUT2D eigenvalue weighted by atomic mass is 31.3. The van der Waals surface area contributed by atoms with E-state index in [4.69, 9.17) is 26.0 Å². The number of aliphatic hydroxyl groups excluding tert-OH is 1. The summed E-state index contributed by atoms with van der Waals surface area (Å²) >= 11 is 0. The molecular formula is C14H20N5O13P3. The molecule has 1 aliphatic rings. The lowest BCUT2D eigenvalue weighted by Crippen LogP contribution is -2.26. The number of rotatable bonds is 8. The van der Waals surface area contributed by atoms with E-state index in [1.807, 2.05) is 0 Å². The number of fused-ring (bicyclic) bond motifs is 1. The summed E-state index contributed by atoms with van der Waals surface area (Å²) in [5, 5.41) is 10.4. The van der Waals surface area contributed by atoms with Gasteiger partial charge >= 0.3 is 23.5 Å². The Hall–Kier alpha value is -1.93. The highest BCUT2D eigenvalue weighted by molar-refractivity contribution is 7.66. The number of nitrogens with two attached hydrogens (primary N) is 2. The number of aliphatic hydroxyl groups is 1. The van der Waals surface area contributed by atoms with E-state index in [0.29, 0.717) is 0 Å². The second-order valence-electron chi connectivity index (χ2n) is 6.92. The maximum Gasteiger partial charge on any atom is 0.490 e. The van der Waals surface area contributed by atoms with Gasteiger partial charge in [0.2, 0.25) is 5.95 Å². The van der Waals surface area contributed by atoms with Crippen LogP contribution in [0.3, 0.4) is 0 Å². The predicted octanol–water partition coefficient (Wildman–Crippen LogP) is -1.39. The quantitative estimate of drug-likeness (QED) is 0.136. The Bertz CT molecular complexity index is 1370. The fourth-order valence-electron chi connectivity index (χ4n) is 3.14. The maximum atomic E-state index is 12.4. The largest absolute Gasteiger partial charge is 0.490 e. The number of anilines is 1. The molecule has 10 N–H and O–H groups in total. The van der Waals surface area contributed by atoms with Crippen LogP contribution in [0.1, 0.15) is 18.2 Å². The minimum Gasteiger partial charge on any atom is -0.390 e. The Morgan fingerprint density at radius 3 is 2.54 bits per heavy atom. The Morgan fingerprint density at radius 1 is 1.23 bits per heavy atom. The first kappa shape index (κ1) is 27.7. The maximum absolute atomic E-state index is 12.4. The van der Waals surface area contributed by atoms with Gasteiger partial charge in [0.1, 0.15) is 12.3 Å². The molecule has 21 heteroatoms. The summed E-state index contributed by atoms with van der Waals surface area (Å²) in [6.45, 7) is -0.856. The Balaban J connectivity index is 1.78. The van der Waals surface area contributed by atoms with Crippen LogP contribution in [0.25, 0.3) is 11.0 Å². The van der Waals surface area contributed by atoms with Crippen molar-refractivity contribution in [2.75, 3.05) is 18.9 Å². The third kappa shape index (κ3) is 7.06. The van der Waals surface area contributed by atoms with Crippen molar-refractivity contribution in [3.05, 3.63) is 22.1 Å². The molecule has 1 aliphatic heterocycles. The van der Waals surface area contributed by atoms with Crippen LogP contribution in [0.5, 0.6) is 0 Å². The van der Waals surface area contributed by atoms with Crippen molar-refractivity contribution in [1.29, 1.82) is 0 Å². The van der Waals surface area contributed by atoms with Crippen LogP contribution >= 0.6 is 23.5 Å². The summed E-state index contributed by atoms with van der Waals surface area (Å²) in [7, 11) is -16.7. The highest BCUT2D eigenvalue weighted by Crippen LogP contribution is 2.66. The van der Waals surface area contributed by atoms with Gasteiger partial charge in [-0.25, -0.2) is 13.7 Å². The topological polar surface area (TPSA) is 292 Å². The summed E-state index contributed by atoms with van der Waals surface area (Å²) in [6, 6.07) is 0. The Kier molecular flexibility index (Phi) is 8.07. The number of nitrogens with one attached hydrogen (secondary N) is 1. The summed E-state index contributed by atoms with van der Waals surface area (Å²) in [5.41, 5.74) is 10.7. The molecular weight excluding hydrogens is 539 g/mol. The molecule has 3 rings (SSSR count). The van der Waals surface area contributed by atoms with E-state index in [-0.39, 0.29) is 35.5 Å². The first-order chi connectivity index (χ1) is 16.1. The molecule has 0 aromatic carbocycles. The molecule has 1 fully saturated rings. The van der Waals surface area contributed by atoms with E-state index in [1.54, 1.807) is 0 Å². The van der Waals surface area contributed by atoms with Crippen LogP contribution in [0.2, 0.25) is 0 Å². The number of hydrogen-bond acceptors (Lipinski definition) is 12. The van der Waals surface area contributed by atoms with Gasteiger partial charge < -0.3 is 45.5 Å². The summed E-state index contributed by atoms with van der Waals surface area (Å²) in [6.07, 6.45) is -2.28. The summed E-state index contributed by atoms with van der Waals surface area (Å²) in [5.74, 6) is 5.10. The average molecular weight is 559 g/mol. The lowest BCUT2D eigenvalue weighted by molar-refractivity contribution is -0.0421. The van der Waals surface area contributed by atoms with Gasteiger partial charge in [-0.15, -0.1) is 0 Å². The van der Waals surface area contributed by atoms with Gasteiger partial charge in [-0.3, -0.25) is 14.3 Å². The van der Waals surface area contributed by atoms with Gasteiger partial charge in [0, 0.05) is 12.6 Å². The van der Waals surface area contributed by atoms with E-state index < -0.39 is 54.1 Å².